The van der Waals surface area contributed by atoms with Crippen molar-refractivity contribution >= 4 is 23.1 Å². The van der Waals surface area contributed by atoms with Gasteiger partial charge in [0.2, 0.25) is 6.79 Å². The summed E-state index contributed by atoms with van der Waals surface area (Å²) in [5.41, 5.74) is 5.48. The van der Waals surface area contributed by atoms with Crippen molar-refractivity contribution in [1.82, 2.24) is 0 Å². The Morgan fingerprint density at radius 2 is 1.69 bits per heavy atom. The number of anilines is 1. The second-order valence-corrected chi connectivity index (χ2v) is 9.31. The van der Waals surface area contributed by atoms with E-state index in [9.17, 15) is 4.79 Å². The number of methoxy groups -OCH3 is 2. The number of benzene rings is 3. The molecular weight excluding hydrogens is 466 g/mol. The lowest BCUT2D eigenvalue weighted by Gasteiger charge is -2.37. The molecule has 0 amide bonds. The molecule has 35 heavy (non-hydrogen) atoms. The normalized spacial score (nSPS) is 20.1. The van der Waals surface area contributed by atoms with Gasteiger partial charge in [-0.25, -0.2) is 0 Å². The third-order valence-electron chi connectivity index (χ3n) is 7.03. The summed E-state index contributed by atoms with van der Waals surface area (Å²) in [5, 5.41) is 4.18. The highest BCUT2D eigenvalue weighted by Crippen LogP contribution is 2.52. The fourth-order valence-electron chi connectivity index (χ4n) is 5.38. The molecule has 3 aliphatic rings. The maximum Gasteiger partial charge on any atom is 0.231 e. The summed E-state index contributed by atoms with van der Waals surface area (Å²) in [4.78, 5) is 13.8. The molecule has 0 bridgehead atoms. The molecule has 0 aromatic heterocycles. The smallest absolute Gasteiger partial charge is 0.231 e. The van der Waals surface area contributed by atoms with Crippen LogP contribution in [0.1, 0.15) is 41.4 Å². The second-order valence-electron chi connectivity index (χ2n) is 8.91. The highest BCUT2D eigenvalue weighted by molar-refractivity contribution is 6.31. The Bertz CT molecular complexity index is 1380. The zero-order valence-corrected chi connectivity index (χ0v) is 20.1. The molecule has 3 aromatic rings. The number of nitrogens with one attached hydrogen (secondary N) is 1. The number of fused-ring (bicyclic) bond motifs is 2. The molecule has 0 fully saturated rings. The van der Waals surface area contributed by atoms with E-state index in [2.05, 4.69) is 5.32 Å². The minimum Gasteiger partial charge on any atom is -0.493 e. The lowest BCUT2D eigenvalue weighted by atomic mass is 9.72. The molecule has 6 nitrogen and oxygen atoms in total. The van der Waals surface area contributed by atoms with E-state index in [-0.39, 0.29) is 24.4 Å². The van der Waals surface area contributed by atoms with Crippen molar-refractivity contribution in [3.63, 3.8) is 0 Å². The summed E-state index contributed by atoms with van der Waals surface area (Å²) in [6.45, 7) is 0.183. The summed E-state index contributed by atoms with van der Waals surface area (Å²) in [7, 11) is 3.23. The van der Waals surface area contributed by atoms with Gasteiger partial charge in [-0.15, -0.1) is 0 Å². The molecule has 0 saturated carbocycles. The van der Waals surface area contributed by atoms with Gasteiger partial charge in [0.05, 0.1) is 14.2 Å². The molecular formula is C28H24ClNO5. The van der Waals surface area contributed by atoms with Gasteiger partial charge in [0.1, 0.15) is 0 Å². The molecule has 3 aromatic carbocycles. The Morgan fingerprint density at radius 3 is 2.46 bits per heavy atom. The van der Waals surface area contributed by atoms with Gasteiger partial charge in [-0.1, -0.05) is 35.9 Å². The van der Waals surface area contributed by atoms with Crippen molar-refractivity contribution < 1.29 is 23.7 Å². The lowest BCUT2D eigenvalue weighted by molar-refractivity contribution is -0.116. The maximum atomic E-state index is 13.8. The number of hydrogen-bond acceptors (Lipinski definition) is 6. The van der Waals surface area contributed by atoms with E-state index < -0.39 is 0 Å². The van der Waals surface area contributed by atoms with Gasteiger partial charge in [0, 0.05) is 40.4 Å². The molecule has 0 saturated heterocycles. The highest BCUT2D eigenvalue weighted by atomic mass is 35.5. The number of carbonyl (C=O) groups is 1. The van der Waals surface area contributed by atoms with Crippen LogP contribution < -0.4 is 24.3 Å². The first kappa shape index (κ1) is 21.9. The average molecular weight is 490 g/mol. The second kappa shape index (κ2) is 8.54. The van der Waals surface area contributed by atoms with Gasteiger partial charge in [0.25, 0.3) is 0 Å². The summed E-state index contributed by atoms with van der Waals surface area (Å²) in [6.07, 6.45) is 1.09. The van der Waals surface area contributed by atoms with E-state index in [1.807, 2.05) is 54.6 Å². The summed E-state index contributed by atoms with van der Waals surface area (Å²) in [6, 6.07) is 17.5. The standard InChI is InChI=1S/C28H24ClNO5/c1-32-23-8-7-15(11-24(23)33-2)16-9-21-28(22(31)10-16)27(17-5-3-4-6-19(17)29)18-12-25-26(35-14-34-25)13-20(18)30-21/h3-8,11-13,16,27,30H,9-10,14H2,1-2H3/t16-,27-/m0/s1. The third kappa shape index (κ3) is 3.60. The molecule has 1 aliphatic carbocycles. The number of hydrogen-bond donors (Lipinski definition) is 1. The van der Waals surface area contributed by atoms with Crippen molar-refractivity contribution in [2.24, 2.45) is 0 Å². The zero-order valence-electron chi connectivity index (χ0n) is 19.4. The summed E-state index contributed by atoms with van der Waals surface area (Å²) in [5.74, 6) is 2.51. The van der Waals surface area contributed by atoms with Gasteiger partial charge in [0.15, 0.2) is 28.8 Å². The van der Waals surface area contributed by atoms with E-state index in [0.29, 0.717) is 40.9 Å². The summed E-state index contributed by atoms with van der Waals surface area (Å²) >= 11 is 6.67. The SMILES string of the molecule is COc1ccc([C@@H]2CC(=O)C3=C(C2)Nc2cc4c(cc2[C@@H]3c2ccccc2Cl)OCO4)cc1OC. The maximum absolute atomic E-state index is 13.8. The molecule has 2 heterocycles. The fraction of sp³-hybridized carbons (Fsp3) is 0.250. The van der Waals surface area contributed by atoms with Gasteiger partial charge in [-0.3, -0.25) is 4.79 Å². The van der Waals surface area contributed by atoms with Crippen LogP contribution in [0.2, 0.25) is 5.02 Å². The minimum absolute atomic E-state index is 0.0102. The first-order valence-electron chi connectivity index (χ1n) is 11.5. The number of ketones is 1. The molecule has 0 unspecified atom stereocenters. The van der Waals surface area contributed by atoms with Crippen molar-refractivity contribution in [2.45, 2.75) is 24.7 Å². The fourth-order valence-corrected chi connectivity index (χ4v) is 5.63. The Morgan fingerprint density at radius 1 is 0.914 bits per heavy atom. The quantitative estimate of drug-likeness (QED) is 0.481. The Kier molecular flexibility index (Phi) is 5.33. The zero-order chi connectivity index (χ0) is 24.1. The van der Waals surface area contributed by atoms with Crippen molar-refractivity contribution in [3.05, 3.63) is 87.6 Å². The Hall–Kier alpha value is -3.64. The van der Waals surface area contributed by atoms with Gasteiger partial charge in [-0.05, 0) is 53.3 Å². The molecule has 7 heteroatoms. The van der Waals surface area contributed by atoms with Crippen LogP contribution in [0.25, 0.3) is 0 Å². The van der Waals surface area contributed by atoms with E-state index in [4.69, 9.17) is 30.5 Å². The molecule has 2 atom stereocenters. The lowest BCUT2D eigenvalue weighted by Crippen LogP contribution is -2.30. The van der Waals surface area contributed by atoms with Crippen LogP contribution in [0.3, 0.4) is 0 Å². The summed E-state index contributed by atoms with van der Waals surface area (Å²) < 4.78 is 22.2. The van der Waals surface area contributed by atoms with Gasteiger partial charge >= 0.3 is 0 Å². The molecule has 0 radical (unpaired) electrons. The van der Waals surface area contributed by atoms with Crippen molar-refractivity contribution in [1.29, 1.82) is 0 Å². The van der Waals surface area contributed by atoms with Crippen molar-refractivity contribution in [3.8, 4) is 23.0 Å². The van der Waals surface area contributed by atoms with E-state index >= 15 is 0 Å². The minimum atomic E-state index is -0.289. The van der Waals surface area contributed by atoms with E-state index in [1.54, 1.807) is 14.2 Å². The van der Waals surface area contributed by atoms with Crippen LogP contribution in [0.4, 0.5) is 5.69 Å². The van der Waals surface area contributed by atoms with Crippen LogP contribution in [0.15, 0.2) is 65.9 Å². The molecule has 1 N–H and O–H groups in total. The largest absolute Gasteiger partial charge is 0.493 e. The molecule has 178 valence electrons. The predicted molar refractivity (Wildman–Crippen MR) is 133 cm³/mol. The monoisotopic (exact) mass is 489 g/mol. The predicted octanol–water partition coefficient (Wildman–Crippen LogP) is 6.04. The Balaban J connectivity index is 1.46. The first-order chi connectivity index (χ1) is 17.1. The number of Topliss-reactive ketones (excluding diaryl/α,β-unsaturated/α-hetero) is 1. The van der Waals surface area contributed by atoms with Crippen LogP contribution in [0.5, 0.6) is 23.0 Å². The van der Waals surface area contributed by atoms with Gasteiger partial charge in [-0.2, -0.15) is 0 Å². The van der Waals surface area contributed by atoms with Crippen LogP contribution in [-0.4, -0.2) is 26.8 Å². The topological polar surface area (TPSA) is 66.0 Å². The molecule has 6 rings (SSSR count). The Labute approximate surface area is 208 Å². The third-order valence-corrected chi connectivity index (χ3v) is 7.38. The van der Waals surface area contributed by atoms with E-state index in [1.165, 1.54) is 0 Å². The van der Waals surface area contributed by atoms with Crippen LogP contribution in [-0.2, 0) is 4.79 Å². The van der Waals surface area contributed by atoms with E-state index in [0.717, 1.165) is 33.6 Å². The number of halogens is 1. The van der Waals surface area contributed by atoms with Gasteiger partial charge < -0.3 is 24.3 Å². The molecule has 0 spiro atoms. The average Bonchev–Trinajstić information content (AvgIpc) is 3.33. The number of rotatable bonds is 4. The van der Waals surface area contributed by atoms with Crippen molar-refractivity contribution in [2.75, 3.05) is 26.3 Å². The first-order valence-corrected chi connectivity index (χ1v) is 11.9. The number of ether oxygens (including phenoxy) is 4. The van der Waals surface area contributed by atoms with Crippen LogP contribution >= 0.6 is 11.6 Å². The molecule has 2 aliphatic heterocycles. The number of allylic oxidation sites excluding steroid dienone is 2. The number of carbonyl (C=O) groups excluding carboxylic acids is 1. The highest BCUT2D eigenvalue weighted by Gasteiger charge is 2.40. The van der Waals surface area contributed by atoms with Crippen LogP contribution in [0, 0.1) is 0 Å².